The van der Waals surface area contributed by atoms with Crippen molar-refractivity contribution in [1.29, 1.82) is 0 Å². The van der Waals surface area contributed by atoms with Crippen LogP contribution in [0.1, 0.15) is 12.8 Å². The van der Waals surface area contributed by atoms with Gasteiger partial charge in [-0.2, -0.15) is 0 Å². The van der Waals surface area contributed by atoms with Gasteiger partial charge in [0.15, 0.2) is 5.75 Å². The molecule has 2 aromatic rings. The van der Waals surface area contributed by atoms with Gasteiger partial charge in [0.05, 0.1) is 30.0 Å². The largest absolute Gasteiger partial charge is 0.494 e. The van der Waals surface area contributed by atoms with Crippen molar-refractivity contribution in [3.63, 3.8) is 0 Å². The summed E-state index contributed by atoms with van der Waals surface area (Å²) in [6.07, 6.45) is 7.72. The second-order valence-corrected chi connectivity index (χ2v) is 7.13. The molecule has 0 N–H and O–H groups in total. The molecule has 0 amide bonds. The van der Waals surface area contributed by atoms with Crippen molar-refractivity contribution in [2.45, 2.75) is 18.9 Å². The highest BCUT2D eigenvalue weighted by atomic mass is 79.9. The summed E-state index contributed by atoms with van der Waals surface area (Å²) in [5.74, 6) is 3.23. The minimum atomic E-state index is 0.454. The molecule has 24 heavy (non-hydrogen) atoms. The van der Waals surface area contributed by atoms with E-state index in [2.05, 4.69) is 46.7 Å². The van der Waals surface area contributed by atoms with Gasteiger partial charge >= 0.3 is 0 Å². The minimum Gasteiger partial charge on any atom is -0.494 e. The van der Waals surface area contributed by atoms with Gasteiger partial charge in [-0.1, -0.05) is 0 Å². The van der Waals surface area contributed by atoms with E-state index in [-0.39, 0.29) is 0 Å². The summed E-state index contributed by atoms with van der Waals surface area (Å²) in [6.45, 7) is 2.99. The molecule has 4 rings (SSSR count). The number of nitrogens with zero attached hydrogens (tertiary/aromatic N) is 5. The molecule has 2 aliphatic rings. The molecule has 0 aromatic carbocycles. The fraction of sp³-hybridized carbons (Fsp3) is 0.471. The van der Waals surface area contributed by atoms with E-state index in [1.165, 1.54) is 12.8 Å². The Morgan fingerprint density at radius 2 is 1.96 bits per heavy atom. The Hall–Kier alpha value is -1.89. The number of rotatable bonds is 3. The van der Waals surface area contributed by atoms with E-state index in [4.69, 9.17) is 4.74 Å². The maximum absolute atomic E-state index is 5.15. The van der Waals surface area contributed by atoms with Crippen LogP contribution in [0.2, 0.25) is 0 Å². The number of aromatic nitrogens is 3. The van der Waals surface area contributed by atoms with Crippen molar-refractivity contribution in [3.05, 3.63) is 35.2 Å². The molecule has 2 aromatic heterocycles. The van der Waals surface area contributed by atoms with E-state index < -0.39 is 0 Å². The van der Waals surface area contributed by atoms with Gasteiger partial charge in [0.25, 0.3) is 0 Å². The van der Waals surface area contributed by atoms with Gasteiger partial charge in [-0.15, -0.1) is 0 Å². The predicted octanol–water partition coefficient (Wildman–Crippen LogP) is 2.75. The molecule has 0 radical (unpaired) electrons. The van der Waals surface area contributed by atoms with Gasteiger partial charge in [0.1, 0.15) is 5.82 Å². The summed E-state index contributed by atoms with van der Waals surface area (Å²) in [6, 6.07) is 4.47. The Bertz CT molecular complexity index is 710. The summed E-state index contributed by atoms with van der Waals surface area (Å²) < 4.78 is 6.21. The van der Waals surface area contributed by atoms with Crippen molar-refractivity contribution < 1.29 is 4.74 Å². The van der Waals surface area contributed by atoms with E-state index in [1.54, 1.807) is 19.5 Å². The molecule has 2 unspecified atom stereocenters. The van der Waals surface area contributed by atoms with Crippen molar-refractivity contribution in [3.8, 4) is 5.75 Å². The fourth-order valence-corrected chi connectivity index (χ4v) is 4.23. The highest BCUT2D eigenvalue weighted by molar-refractivity contribution is 9.10. The van der Waals surface area contributed by atoms with Gasteiger partial charge in [0.2, 0.25) is 5.95 Å². The first-order chi connectivity index (χ1) is 11.8. The third-order valence-electron chi connectivity index (χ3n) is 5.01. The Kier molecular flexibility index (Phi) is 4.26. The van der Waals surface area contributed by atoms with Crippen LogP contribution in [0.15, 0.2) is 35.2 Å². The van der Waals surface area contributed by atoms with Gasteiger partial charge in [-0.3, -0.25) is 0 Å². The molecule has 6 nitrogen and oxygen atoms in total. The molecule has 2 aliphatic heterocycles. The number of hydrogen-bond acceptors (Lipinski definition) is 6. The predicted molar refractivity (Wildman–Crippen MR) is 96.6 cm³/mol. The lowest BCUT2D eigenvalue weighted by Gasteiger charge is -2.39. The van der Waals surface area contributed by atoms with E-state index >= 15 is 0 Å². The van der Waals surface area contributed by atoms with E-state index in [0.717, 1.165) is 35.9 Å². The number of ether oxygens (including phenoxy) is 1. The van der Waals surface area contributed by atoms with E-state index in [9.17, 15) is 0 Å². The molecule has 0 aliphatic carbocycles. The molecule has 0 saturated carbocycles. The van der Waals surface area contributed by atoms with E-state index in [0.29, 0.717) is 17.7 Å². The third kappa shape index (κ3) is 2.81. The molecular formula is C17H20BrN5O. The Balaban J connectivity index is 1.55. The van der Waals surface area contributed by atoms with Crippen molar-refractivity contribution >= 4 is 27.7 Å². The lowest BCUT2D eigenvalue weighted by Crippen LogP contribution is -2.49. The molecule has 0 bridgehead atoms. The lowest BCUT2D eigenvalue weighted by molar-refractivity contribution is 0.385. The summed E-state index contributed by atoms with van der Waals surface area (Å²) in [7, 11) is 1.63. The van der Waals surface area contributed by atoms with Crippen molar-refractivity contribution in [1.82, 2.24) is 15.0 Å². The van der Waals surface area contributed by atoms with Crippen LogP contribution in [0.25, 0.3) is 0 Å². The number of fused-ring (bicyclic) bond motifs is 1. The second kappa shape index (κ2) is 6.55. The molecule has 2 fully saturated rings. The fourth-order valence-electron chi connectivity index (χ4n) is 3.75. The molecule has 2 saturated heterocycles. The topological polar surface area (TPSA) is 54.4 Å². The van der Waals surface area contributed by atoms with Crippen LogP contribution >= 0.6 is 15.9 Å². The molecular weight excluding hydrogens is 370 g/mol. The van der Waals surface area contributed by atoms with Crippen LogP contribution < -0.4 is 14.5 Å². The summed E-state index contributed by atoms with van der Waals surface area (Å²) in [5.41, 5.74) is 0. The minimum absolute atomic E-state index is 0.454. The van der Waals surface area contributed by atoms with Crippen LogP contribution in [0, 0.1) is 5.92 Å². The van der Waals surface area contributed by atoms with Crippen LogP contribution in [0.4, 0.5) is 11.8 Å². The lowest BCUT2D eigenvalue weighted by atomic mass is 9.92. The maximum Gasteiger partial charge on any atom is 0.225 e. The zero-order valence-corrected chi connectivity index (χ0v) is 15.2. The number of hydrogen-bond donors (Lipinski definition) is 0. The number of anilines is 2. The Morgan fingerprint density at radius 3 is 2.71 bits per heavy atom. The molecule has 2 atom stereocenters. The zero-order chi connectivity index (χ0) is 16.5. The third-order valence-corrected chi connectivity index (χ3v) is 5.63. The van der Waals surface area contributed by atoms with Gasteiger partial charge in [0, 0.05) is 25.8 Å². The van der Waals surface area contributed by atoms with Gasteiger partial charge < -0.3 is 14.5 Å². The van der Waals surface area contributed by atoms with Gasteiger partial charge in [-0.25, -0.2) is 15.0 Å². The van der Waals surface area contributed by atoms with Crippen LogP contribution in [0.5, 0.6) is 5.75 Å². The molecule has 0 spiro atoms. The quantitative estimate of drug-likeness (QED) is 0.804. The normalized spacial score (nSPS) is 23.2. The summed E-state index contributed by atoms with van der Waals surface area (Å²) in [4.78, 5) is 18.2. The standard InChI is InChI=1S/C17H20BrN5O/c1-24-13-9-20-17(21-10-13)22-7-4-12-5-8-23(15(12)11-22)16-14(18)3-2-6-19-16/h2-3,6,9-10,12,15H,4-5,7-8,11H2,1H3. The molecule has 7 heteroatoms. The second-order valence-electron chi connectivity index (χ2n) is 6.28. The highest BCUT2D eigenvalue weighted by Crippen LogP contribution is 2.37. The number of piperidine rings is 1. The van der Waals surface area contributed by atoms with Crippen LogP contribution in [0.3, 0.4) is 0 Å². The smallest absolute Gasteiger partial charge is 0.225 e. The SMILES string of the molecule is COc1cnc(N2CCC3CCN(c4ncccc4Br)C3C2)nc1. The average molecular weight is 390 g/mol. The first kappa shape index (κ1) is 15.6. The first-order valence-electron chi connectivity index (χ1n) is 8.24. The van der Waals surface area contributed by atoms with Crippen LogP contribution in [-0.4, -0.2) is 47.7 Å². The zero-order valence-electron chi connectivity index (χ0n) is 13.6. The Labute approximate surface area is 150 Å². The van der Waals surface area contributed by atoms with Crippen molar-refractivity contribution in [2.24, 2.45) is 5.92 Å². The van der Waals surface area contributed by atoms with Crippen molar-refractivity contribution in [2.75, 3.05) is 36.5 Å². The number of methoxy groups -OCH3 is 1. The maximum atomic E-state index is 5.15. The monoisotopic (exact) mass is 389 g/mol. The van der Waals surface area contributed by atoms with Gasteiger partial charge in [-0.05, 0) is 46.8 Å². The molecule has 4 heterocycles. The average Bonchev–Trinajstić information content (AvgIpc) is 3.05. The van der Waals surface area contributed by atoms with E-state index in [1.807, 2.05) is 12.3 Å². The highest BCUT2D eigenvalue weighted by Gasteiger charge is 2.40. The van der Waals surface area contributed by atoms with Crippen LogP contribution in [-0.2, 0) is 0 Å². The number of halogens is 1. The molecule has 126 valence electrons. The summed E-state index contributed by atoms with van der Waals surface area (Å²) >= 11 is 3.64. The number of pyridine rings is 1. The Morgan fingerprint density at radius 1 is 1.17 bits per heavy atom. The summed E-state index contributed by atoms with van der Waals surface area (Å²) in [5, 5.41) is 0. The first-order valence-corrected chi connectivity index (χ1v) is 9.03.